The summed E-state index contributed by atoms with van der Waals surface area (Å²) in [6.45, 7) is 15.8. The molecule has 24 heavy (non-hydrogen) atoms. The first-order valence-electron chi connectivity index (χ1n) is 9.82. The van der Waals surface area contributed by atoms with Crippen molar-refractivity contribution >= 4 is 41.2 Å². The highest BCUT2D eigenvalue weighted by molar-refractivity contribution is 9.26. The zero-order chi connectivity index (χ0) is 17.1. The van der Waals surface area contributed by atoms with Crippen LogP contribution in [0.15, 0.2) is 0 Å². The third-order valence-corrected chi connectivity index (χ3v) is 18.0. The lowest BCUT2D eigenvalue weighted by atomic mass is 9.68. The Balaban J connectivity index is 1.64. The molecule has 5 rings (SSSR count). The molecule has 0 aromatic carbocycles. The third kappa shape index (κ3) is 1.73. The molecular weight excluding hydrogens is 368 g/mol. The average Bonchev–Trinajstić information content (AvgIpc) is 2.96. The van der Waals surface area contributed by atoms with Crippen LogP contribution in [-0.4, -0.2) is 10.5 Å². The van der Waals surface area contributed by atoms with Crippen LogP contribution in [-0.2, 0) is 0 Å². The first-order valence-corrected chi connectivity index (χ1v) is 14.8. The lowest BCUT2D eigenvalue weighted by Gasteiger charge is -2.47. The molecule has 5 fully saturated rings. The molecule has 0 spiro atoms. The van der Waals surface area contributed by atoms with Crippen molar-refractivity contribution in [1.82, 2.24) is 0 Å². The summed E-state index contributed by atoms with van der Waals surface area (Å²) in [5, 5.41) is 1.77. The van der Waals surface area contributed by atoms with Gasteiger partial charge in [0.2, 0.25) is 0 Å². The number of hydrogen-bond acceptors (Lipinski definition) is 4. The highest BCUT2D eigenvalue weighted by Crippen LogP contribution is 2.81. The van der Waals surface area contributed by atoms with Gasteiger partial charge in [0.25, 0.3) is 0 Å². The third-order valence-electron chi connectivity index (χ3n) is 10.4. The molecule has 4 saturated carbocycles. The fraction of sp³-hybridized carbons (Fsp3) is 1.00. The Bertz CT molecular complexity index is 522. The van der Waals surface area contributed by atoms with Crippen molar-refractivity contribution in [2.45, 2.75) is 77.7 Å². The van der Waals surface area contributed by atoms with Crippen LogP contribution < -0.4 is 0 Å². The molecule has 0 aromatic rings. The maximum atomic E-state index is 2.65. The molecule has 4 aliphatic carbocycles. The van der Waals surface area contributed by atoms with Crippen LogP contribution in [0, 0.1) is 45.3 Å². The molecule has 4 heteroatoms. The molecule has 1 saturated heterocycles. The topological polar surface area (TPSA) is 0 Å². The van der Waals surface area contributed by atoms with Gasteiger partial charge in [-0.25, -0.2) is 0 Å². The molecule has 0 nitrogen and oxygen atoms in total. The van der Waals surface area contributed by atoms with E-state index < -0.39 is 0 Å². The van der Waals surface area contributed by atoms with Crippen LogP contribution in [0.3, 0.4) is 0 Å². The predicted octanol–water partition coefficient (Wildman–Crippen LogP) is 7.56. The maximum absolute atomic E-state index is 2.65. The number of rotatable bonds is 0. The number of hydrogen-bond donors (Lipinski definition) is 0. The first-order chi connectivity index (χ1) is 11.2. The van der Waals surface area contributed by atoms with Crippen molar-refractivity contribution in [3.63, 3.8) is 0 Å². The Morgan fingerprint density at radius 1 is 0.625 bits per heavy atom. The highest BCUT2D eigenvalue weighted by Gasteiger charge is 2.74. The molecule has 136 valence electrons. The van der Waals surface area contributed by atoms with E-state index in [0.29, 0.717) is 21.7 Å². The molecular formula is C20H32S4. The molecule has 0 unspecified atom stereocenters. The summed E-state index contributed by atoms with van der Waals surface area (Å²) in [6.07, 6.45) is 5.95. The molecule has 1 aliphatic heterocycles. The Kier molecular flexibility index (Phi) is 3.69. The largest absolute Gasteiger partial charge is 0.0774 e. The van der Waals surface area contributed by atoms with E-state index in [2.05, 4.69) is 82.8 Å². The summed E-state index contributed by atoms with van der Waals surface area (Å²) in [4.78, 5) is 0. The van der Waals surface area contributed by atoms with E-state index in [1.165, 1.54) is 25.7 Å². The van der Waals surface area contributed by atoms with Crippen LogP contribution in [0.25, 0.3) is 0 Å². The van der Waals surface area contributed by atoms with E-state index in [9.17, 15) is 0 Å². The van der Waals surface area contributed by atoms with E-state index in [4.69, 9.17) is 0 Å². The van der Waals surface area contributed by atoms with Crippen LogP contribution in [0.4, 0.5) is 0 Å². The molecule has 1 heterocycles. The Labute approximate surface area is 163 Å². The van der Waals surface area contributed by atoms with Crippen molar-refractivity contribution < 1.29 is 0 Å². The minimum absolute atomic E-state index is 0.535. The minimum Gasteiger partial charge on any atom is -0.0774 e. The molecule has 0 N–H and O–H groups in total. The summed E-state index contributed by atoms with van der Waals surface area (Å²) in [5.74, 6) is 3.88. The fourth-order valence-corrected chi connectivity index (χ4v) is 17.2. The quantitative estimate of drug-likeness (QED) is 0.384. The molecule has 0 amide bonds. The zero-order valence-electron chi connectivity index (χ0n) is 15.9. The molecule has 8 atom stereocenters. The smallest absolute Gasteiger partial charge is 0.0253 e. The van der Waals surface area contributed by atoms with Crippen molar-refractivity contribution in [2.24, 2.45) is 45.3 Å². The Morgan fingerprint density at radius 2 is 1.00 bits per heavy atom. The normalized spacial score (nSPS) is 59.8. The number of fused-ring (bicyclic) bond motifs is 11. The minimum atomic E-state index is 0.535. The summed E-state index contributed by atoms with van der Waals surface area (Å²) in [6, 6.07) is 0. The van der Waals surface area contributed by atoms with E-state index in [1.807, 2.05) is 0 Å². The molecule has 0 radical (unpaired) electrons. The van der Waals surface area contributed by atoms with Crippen molar-refractivity contribution in [3.8, 4) is 0 Å². The van der Waals surface area contributed by atoms with Gasteiger partial charge in [-0.3, -0.25) is 0 Å². The predicted molar refractivity (Wildman–Crippen MR) is 114 cm³/mol. The second-order valence-corrected chi connectivity index (χ2v) is 17.0. The van der Waals surface area contributed by atoms with E-state index in [1.54, 1.807) is 0 Å². The SMILES string of the molecule is CC1(C)[C@@H]2CC[C@@]1(C)[C@@H]1SSSS[C@@H]3[C@H]([C@H]21)[C@H]1CC[C@]3(C)C1(C)C. The zero-order valence-corrected chi connectivity index (χ0v) is 19.2. The molecule has 5 aliphatic rings. The summed E-state index contributed by atoms with van der Waals surface area (Å²) in [5.41, 5.74) is 2.18. The van der Waals surface area contributed by atoms with Crippen LogP contribution in [0.1, 0.15) is 67.2 Å². The van der Waals surface area contributed by atoms with Crippen LogP contribution in [0.5, 0.6) is 0 Å². The van der Waals surface area contributed by atoms with Gasteiger partial charge >= 0.3 is 0 Å². The second kappa shape index (κ2) is 5.06. The van der Waals surface area contributed by atoms with Gasteiger partial charge in [-0.1, -0.05) is 63.1 Å². The second-order valence-electron chi connectivity index (χ2n) is 10.9. The van der Waals surface area contributed by atoms with Crippen molar-refractivity contribution in [1.29, 1.82) is 0 Å². The van der Waals surface area contributed by atoms with Gasteiger partial charge in [-0.05, 0) is 90.7 Å². The average molecular weight is 401 g/mol. The Morgan fingerprint density at radius 3 is 1.38 bits per heavy atom. The van der Waals surface area contributed by atoms with Gasteiger partial charge in [0.1, 0.15) is 0 Å². The summed E-state index contributed by atoms with van der Waals surface area (Å²) < 4.78 is 0. The van der Waals surface area contributed by atoms with Gasteiger partial charge in [0, 0.05) is 10.5 Å². The van der Waals surface area contributed by atoms with Gasteiger partial charge in [-0.2, -0.15) is 0 Å². The standard InChI is InChI=1S/C20H32S4/c1-17(2)11-7-9-19(17,5)15-13(11)14-12-8-10-20(6,18(12,3)4)16(14)22-24-23-21-15/h11-16H,7-10H2,1-6H3/t11-,12-,13+,14+,15-,16-,19+,20+/m1/s1. The lowest BCUT2D eigenvalue weighted by molar-refractivity contribution is 0.128. The monoisotopic (exact) mass is 400 g/mol. The first kappa shape index (κ1) is 17.5. The fourth-order valence-electron chi connectivity index (χ4n) is 8.16. The van der Waals surface area contributed by atoms with E-state index in [-0.39, 0.29) is 0 Å². The summed E-state index contributed by atoms with van der Waals surface area (Å²) in [7, 11) is 8.76. The van der Waals surface area contributed by atoms with Gasteiger partial charge < -0.3 is 0 Å². The maximum Gasteiger partial charge on any atom is 0.0253 e. The van der Waals surface area contributed by atoms with Crippen LogP contribution in [0.2, 0.25) is 0 Å². The van der Waals surface area contributed by atoms with E-state index >= 15 is 0 Å². The van der Waals surface area contributed by atoms with Crippen molar-refractivity contribution in [2.75, 3.05) is 0 Å². The highest BCUT2D eigenvalue weighted by atomic mass is 33.7. The van der Waals surface area contributed by atoms with Gasteiger partial charge in [-0.15, -0.1) is 0 Å². The molecule has 4 bridgehead atoms. The van der Waals surface area contributed by atoms with E-state index in [0.717, 1.165) is 34.2 Å². The summed E-state index contributed by atoms with van der Waals surface area (Å²) >= 11 is 0. The van der Waals surface area contributed by atoms with Gasteiger partial charge in [0.15, 0.2) is 0 Å². The lowest BCUT2D eigenvalue weighted by Crippen LogP contribution is -2.44. The van der Waals surface area contributed by atoms with Crippen molar-refractivity contribution in [3.05, 3.63) is 0 Å². The van der Waals surface area contributed by atoms with Crippen LogP contribution >= 0.6 is 41.2 Å². The van der Waals surface area contributed by atoms with Gasteiger partial charge in [0.05, 0.1) is 0 Å². The molecule has 0 aromatic heterocycles. The Hall–Kier alpha value is 1.40.